The van der Waals surface area contributed by atoms with E-state index in [4.69, 9.17) is 11.6 Å². The van der Waals surface area contributed by atoms with E-state index in [2.05, 4.69) is 15.8 Å². The molecule has 1 heterocycles. The van der Waals surface area contributed by atoms with Crippen LogP contribution in [0.5, 0.6) is 0 Å². The molecule has 1 aliphatic heterocycles. The number of benzene rings is 2. The van der Waals surface area contributed by atoms with Crippen molar-refractivity contribution in [2.75, 3.05) is 6.54 Å². The maximum Gasteiger partial charge on any atom is 0.271 e. The van der Waals surface area contributed by atoms with Gasteiger partial charge in [0.25, 0.3) is 11.8 Å². The van der Waals surface area contributed by atoms with Gasteiger partial charge in [0.15, 0.2) is 0 Å². The van der Waals surface area contributed by atoms with Gasteiger partial charge in [-0.3, -0.25) is 25.3 Å². The fraction of sp³-hybridized carbons (Fsp3) is 0.263. The molecule has 2 N–H and O–H groups in total. The summed E-state index contributed by atoms with van der Waals surface area (Å²) < 4.78 is 0. The molecule has 0 bridgehead atoms. The van der Waals surface area contributed by atoms with Gasteiger partial charge in [0.05, 0.1) is 16.6 Å². The van der Waals surface area contributed by atoms with Crippen molar-refractivity contribution in [2.45, 2.75) is 25.4 Å². The number of nitrogens with one attached hydrogen (secondary N) is 2. The molecule has 130 valence electrons. The third-order valence-electron chi connectivity index (χ3n) is 4.31. The number of rotatable bonds is 4. The van der Waals surface area contributed by atoms with Gasteiger partial charge in [-0.15, -0.1) is 0 Å². The van der Waals surface area contributed by atoms with E-state index in [-0.39, 0.29) is 11.9 Å². The Morgan fingerprint density at radius 2 is 1.76 bits per heavy atom. The summed E-state index contributed by atoms with van der Waals surface area (Å²) in [5.74, 6) is -0.625. The first kappa shape index (κ1) is 17.5. The summed E-state index contributed by atoms with van der Waals surface area (Å²) in [4.78, 5) is 26.7. The second-order valence-corrected chi connectivity index (χ2v) is 6.44. The van der Waals surface area contributed by atoms with Crippen LogP contribution in [0.4, 0.5) is 0 Å². The molecule has 2 aromatic carbocycles. The molecule has 3 rings (SSSR count). The molecule has 0 saturated carbocycles. The lowest BCUT2D eigenvalue weighted by Gasteiger charge is -2.23. The lowest BCUT2D eigenvalue weighted by molar-refractivity contribution is -0.126. The van der Waals surface area contributed by atoms with Gasteiger partial charge < -0.3 is 0 Å². The van der Waals surface area contributed by atoms with E-state index >= 15 is 0 Å². The molecule has 2 aromatic rings. The molecule has 1 atom stereocenters. The van der Waals surface area contributed by atoms with Crippen LogP contribution in [0.1, 0.15) is 28.8 Å². The summed E-state index contributed by atoms with van der Waals surface area (Å²) in [6, 6.07) is 16.5. The number of hydrazine groups is 1. The molecule has 1 saturated heterocycles. The van der Waals surface area contributed by atoms with Gasteiger partial charge in [-0.25, -0.2) is 0 Å². The molecular weight excluding hydrogens is 338 g/mol. The van der Waals surface area contributed by atoms with Crippen molar-refractivity contribution in [1.82, 2.24) is 15.8 Å². The largest absolute Gasteiger partial charge is 0.288 e. The van der Waals surface area contributed by atoms with Crippen molar-refractivity contribution >= 4 is 23.4 Å². The van der Waals surface area contributed by atoms with Crippen molar-refractivity contribution in [3.8, 4) is 0 Å². The quantitative estimate of drug-likeness (QED) is 0.827. The van der Waals surface area contributed by atoms with Crippen LogP contribution in [-0.4, -0.2) is 29.3 Å². The van der Waals surface area contributed by atoms with Gasteiger partial charge in [-0.05, 0) is 37.1 Å². The van der Waals surface area contributed by atoms with Crippen LogP contribution >= 0.6 is 11.6 Å². The third-order valence-corrected chi connectivity index (χ3v) is 4.64. The van der Waals surface area contributed by atoms with E-state index in [0.29, 0.717) is 10.6 Å². The van der Waals surface area contributed by atoms with Gasteiger partial charge in [0.1, 0.15) is 0 Å². The first-order chi connectivity index (χ1) is 12.1. The van der Waals surface area contributed by atoms with Crippen LogP contribution in [0.15, 0.2) is 54.6 Å². The lowest BCUT2D eigenvalue weighted by atomic mass is 10.1. The van der Waals surface area contributed by atoms with Crippen LogP contribution in [0.25, 0.3) is 0 Å². The second-order valence-electron chi connectivity index (χ2n) is 6.04. The maximum absolute atomic E-state index is 12.5. The average molecular weight is 358 g/mol. The SMILES string of the molecule is O=C(NNC(=O)C1CCCN1Cc1ccccc1)c1ccccc1Cl. The molecule has 0 aliphatic carbocycles. The zero-order chi connectivity index (χ0) is 17.6. The molecule has 0 radical (unpaired) electrons. The van der Waals surface area contributed by atoms with Crippen LogP contribution in [0.2, 0.25) is 5.02 Å². The van der Waals surface area contributed by atoms with Gasteiger partial charge in [-0.1, -0.05) is 54.1 Å². The fourth-order valence-electron chi connectivity index (χ4n) is 3.04. The van der Waals surface area contributed by atoms with Crippen LogP contribution in [0, 0.1) is 0 Å². The molecular formula is C19H20ClN3O2. The van der Waals surface area contributed by atoms with E-state index in [1.807, 2.05) is 30.3 Å². The first-order valence-electron chi connectivity index (χ1n) is 8.28. The minimum atomic E-state index is -0.424. The van der Waals surface area contributed by atoms with Gasteiger partial charge in [-0.2, -0.15) is 0 Å². The Morgan fingerprint density at radius 1 is 1.04 bits per heavy atom. The number of amides is 2. The van der Waals surface area contributed by atoms with Crippen LogP contribution in [-0.2, 0) is 11.3 Å². The van der Waals surface area contributed by atoms with Gasteiger partial charge >= 0.3 is 0 Å². The number of hydrogen-bond acceptors (Lipinski definition) is 3. The summed E-state index contributed by atoms with van der Waals surface area (Å²) in [6.07, 6.45) is 1.74. The van der Waals surface area contributed by atoms with Crippen LogP contribution < -0.4 is 10.9 Å². The fourth-order valence-corrected chi connectivity index (χ4v) is 3.27. The van der Waals surface area contributed by atoms with Crippen molar-refractivity contribution in [1.29, 1.82) is 0 Å². The highest BCUT2D eigenvalue weighted by Crippen LogP contribution is 2.20. The molecule has 5 nitrogen and oxygen atoms in total. The average Bonchev–Trinajstić information content (AvgIpc) is 3.09. The third kappa shape index (κ3) is 4.38. The summed E-state index contributed by atoms with van der Waals surface area (Å²) in [6.45, 7) is 1.59. The number of likely N-dealkylation sites (tertiary alicyclic amines) is 1. The maximum atomic E-state index is 12.5. The Labute approximate surface area is 151 Å². The zero-order valence-electron chi connectivity index (χ0n) is 13.7. The minimum absolute atomic E-state index is 0.200. The Bertz CT molecular complexity index is 751. The number of halogens is 1. The second kappa shape index (κ2) is 8.14. The van der Waals surface area contributed by atoms with Gasteiger partial charge in [0, 0.05) is 6.54 Å². The summed E-state index contributed by atoms with van der Waals surface area (Å²) in [5.41, 5.74) is 6.48. The Hall–Kier alpha value is -2.37. The van der Waals surface area contributed by atoms with E-state index in [9.17, 15) is 9.59 Å². The highest BCUT2D eigenvalue weighted by atomic mass is 35.5. The van der Waals surface area contributed by atoms with Gasteiger partial charge in [0.2, 0.25) is 0 Å². The highest BCUT2D eigenvalue weighted by molar-refractivity contribution is 6.33. The minimum Gasteiger partial charge on any atom is -0.288 e. The van der Waals surface area contributed by atoms with Crippen LogP contribution in [0.3, 0.4) is 0 Å². The standard InChI is InChI=1S/C19H20ClN3O2/c20-16-10-5-4-9-15(16)18(24)21-22-19(25)17-11-6-12-23(17)13-14-7-2-1-3-8-14/h1-5,7-10,17H,6,11-13H2,(H,21,24)(H,22,25). The van der Waals surface area contributed by atoms with Crippen molar-refractivity contribution in [3.05, 3.63) is 70.7 Å². The molecule has 6 heteroatoms. The highest BCUT2D eigenvalue weighted by Gasteiger charge is 2.30. The van der Waals surface area contributed by atoms with Crippen molar-refractivity contribution < 1.29 is 9.59 Å². The summed E-state index contributed by atoms with van der Waals surface area (Å²) >= 11 is 5.99. The number of hydrogen-bond donors (Lipinski definition) is 2. The molecule has 0 spiro atoms. The Morgan fingerprint density at radius 3 is 2.52 bits per heavy atom. The smallest absolute Gasteiger partial charge is 0.271 e. The predicted octanol–water partition coefficient (Wildman–Crippen LogP) is 2.77. The van der Waals surface area contributed by atoms with Crippen molar-refractivity contribution in [2.24, 2.45) is 0 Å². The molecule has 1 aliphatic rings. The number of carbonyl (C=O) groups excluding carboxylic acids is 2. The molecule has 25 heavy (non-hydrogen) atoms. The van der Waals surface area contributed by atoms with Crippen molar-refractivity contribution in [3.63, 3.8) is 0 Å². The van der Waals surface area contributed by atoms with E-state index in [1.165, 1.54) is 5.56 Å². The molecule has 1 unspecified atom stereocenters. The molecule has 0 aromatic heterocycles. The Kier molecular flexibility index (Phi) is 5.68. The first-order valence-corrected chi connectivity index (χ1v) is 8.65. The predicted molar refractivity (Wildman–Crippen MR) is 96.9 cm³/mol. The zero-order valence-corrected chi connectivity index (χ0v) is 14.5. The topological polar surface area (TPSA) is 61.4 Å². The normalized spacial score (nSPS) is 17.2. The van der Waals surface area contributed by atoms with E-state index in [1.54, 1.807) is 24.3 Å². The Balaban J connectivity index is 1.57. The number of nitrogens with zero attached hydrogens (tertiary/aromatic N) is 1. The summed E-state index contributed by atoms with van der Waals surface area (Å²) in [7, 11) is 0. The summed E-state index contributed by atoms with van der Waals surface area (Å²) in [5, 5.41) is 0.348. The molecule has 2 amide bonds. The van der Waals surface area contributed by atoms with E-state index < -0.39 is 5.91 Å². The van der Waals surface area contributed by atoms with E-state index in [0.717, 1.165) is 25.9 Å². The molecule has 1 fully saturated rings. The lowest BCUT2D eigenvalue weighted by Crippen LogP contribution is -2.50. The monoisotopic (exact) mass is 357 g/mol. The number of carbonyl (C=O) groups is 2.